The Bertz CT molecular complexity index is 348. The summed E-state index contributed by atoms with van der Waals surface area (Å²) in [7, 11) is 1.79. The fourth-order valence-electron chi connectivity index (χ4n) is 1.88. The van der Waals surface area contributed by atoms with Gasteiger partial charge in [-0.05, 0) is 37.4 Å². The van der Waals surface area contributed by atoms with Crippen LogP contribution in [0, 0.1) is 11.7 Å². The van der Waals surface area contributed by atoms with Crippen LogP contribution in [-0.4, -0.2) is 7.05 Å². The van der Waals surface area contributed by atoms with Gasteiger partial charge in [0.05, 0.1) is 0 Å². The van der Waals surface area contributed by atoms with E-state index in [0.29, 0.717) is 6.54 Å². The number of aryl methyl sites for hydroxylation is 1. The molecule has 0 heterocycles. The summed E-state index contributed by atoms with van der Waals surface area (Å²) in [6.45, 7) is 0.527. The first kappa shape index (κ1) is 11.6. The molecule has 0 spiro atoms. The van der Waals surface area contributed by atoms with Crippen LogP contribution >= 0.6 is 0 Å². The molecule has 0 atom stereocenters. The maximum atomic E-state index is 13.4. The van der Waals surface area contributed by atoms with Gasteiger partial charge in [0.15, 0.2) is 0 Å². The van der Waals surface area contributed by atoms with Crippen LogP contribution in [0.15, 0.2) is 18.2 Å². The first-order valence-corrected chi connectivity index (χ1v) is 5.96. The second-order valence-electron chi connectivity index (χ2n) is 4.51. The van der Waals surface area contributed by atoms with Gasteiger partial charge in [-0.15, -0.1) is 0 Å². The first-order valence-electron chi connectivity index (χ1n) is 5.96. The summed E-state index contributed by atoms with van der Waals surface area (Å²) in [6.07, 6.45) is 5.10. The number of halogens is 1. The molecule has 0 radical (unpaired) electrons. The molecule has 16 heavy (non-hydrogen) atoms. The zero-order valence-corrected chi connectivity index (χ0v) is 9.72. The lowest BCUT2D eigenvalue weighted by atomic mass is 10.0. The number of nitrogens with one attached hydrogen (secondary N) is 2. The summed E-state index contributed by atoms with van der Waals surface area (Å²) in [4.78, 5) is 0. The zero-order chi connectivity index (χ0) is 11.4. The van der Waals surface area contributed by atoms with Crippen LogP contribution < -0.4 is 10.9 Å². The van der Waals surface area contributed by atoms with Crippen molar-refractivity contribution in [3.05, 3.63) is 35.1 Å². The van der Waals surface area contributed by atoms with Crippen LogP contribution in [0.4, 0.5) is 4.39 Å². The third-order valence-corrected chi connectivity index (χ3v) is 3.10. The maximum Gasteiger partial charge on any atom is 0.127 e. The highest BCUT2D eigenvalue weighted by molar-refractivity contribution is 5.25. The molecule has 2 nitrogen and oxygen atoms in total. The van der Waals surface area contributed by atoms with Gasteiger partial charge in [0.1, 0.15) is 5.82 Å². The van der Waals surface area contributed by atoms with Gasteiger partial charge in [-0.1, -0.05) is 25.0 Å². The molecule has 2 N–H and O–H groups in total. The number of rotatable bonds is 6. The smallest absolute Gasteiger partial charge is 0.127 e. The number of hydrogen-bond donors (Lipinski definition) is 2. The van der Waals surface area contributed by atoms with Crippen molar-refractivity contribution in [2.24, 2.45) is 5.92 Å². The van der Waals surface area contributed by atoms with Crippen molar-refractivity contribution in [1.82, 2.24) is 10.9 Å². The van der Waals surface area contributed by atoms with E-state index in [9.17, 15) is 4.39 Å². The van der Waals surface area contributed by atoms with Crippen molar-refractivity contribution in [2.75, 3.05) is 7.05 Å². The van der Waals surface area contributed by atoms with E-state index in [4.69, 9.17) is 0 Å². The van der Waals surface area contributed by atoms with Crippen molar-refractivity contribution in [2.45, 2.75) is 32.2 Å². The summed E-state index contributed by atoms with van der Waals surface area (Å²) >= 11 is 0. The Balaban J connectivity index is 1.95. The average molecular weight is 222 g/mol. The van der Waals surface area contributed by atoms with Gasteiger partial charge < -0.3 is 0 Å². The Hall–Kier alpha value is -0.930. The van der Waals surface area contributed by atoms with E-state index in [1.807, 2.05) is 12.1 Å². The van der Waals surface area contributed by atoms with Crippen LogP contribution in [0.5, 0.6) is 0 Å². The SMILES string of the molecule is CNNCc1cc(CCC2CC2)ccc1F. The molecule has 0 aromatic heterocycles. The third-order valence-electron chi connectivity index (χ3n) is 3.10. The van der Waals surface area contributed by atoms with Gasteiger partial charge in [0.25, 0.3) is 0 Å². The van der Waals surface area contributed by atoms with Crippen molar-refractivity contribution in [3.63, 3.8) is 0 Å². The van der Waals surface area contributed by atoms with Gasteiger partial charge in [0, 0.05) is 12.1 Å². The number of hydrazine groups is 1. The van der Waals surface area contributed by atoms with Crippen LogP contribution in [0.3, 0.4) is 0 Å². The summed E-state index contributed by atoms with van der Waals surface area (Å²) in [6, 6.07) is 5.46. The van der Waals surface area contributed by atoms with E-state index < -0.39 is 0 Å². The second kappa shape index (κ2) is 5.41. The average Bonchev–Trinajstić information content (AvgIpc) is 3.10. The molecule has 0 amide bonds. The molecule has 1 aliphatic carbocycles. The van der Waals surface area contributed by atoms with Crippen molar-refractivity contribution >= 4 is 0 Å². The highest BCUT2D eigenvalue weighted by Crippen LogP contribution is 2.33. The molecule has 0 unspecified atom stereocenters. The van der Waals surface area contributed by atoms with Crippen LogP contribution in [0.2, 0.25) is 0 Å². The summed E-state index contributed by atoms with van der Waals surface area (Å²) in [5.74, 6) is 0.807. The minimum atomic E-state index is -0.127. The lowest BCUT2D eigenvalue weighted by Gasteiger charge is -2.07. The van der Waals surface area contributed by atoms with Gasteiger partial charge in [-0.2, -0.15) is 0 Å². The van der Waals surface area contributed by atoms with Crippen LogP contribution in [0.1, 0.15) is 30.4 Å². The quantitative estimate of drug-likeness (QED) is 0.722. The molecular weight excluding hydrogens is 203 g/mol. The molecule has 1 aromatic carbocycles. The molecule has 1 fully saturated rings. The van der Waals surface area contributed by atoms with Crippen LogP contribution in [-0.2, 0) is 13.0 Å². The Kier molecular flexibility index (Phi) is 3.91. The highest BCUT2D eigenvalue weighted by Gasteiger charge is 2.20. The summed E-state index contributed by atoms with van der Waals surface area (Å²) in [5.41, 5.74) is 7.72. The predicted octanol–water partition coefficient (Wildman–Crippen LogP) is 2.39. The maximum absolute atomic E-state index is 13.4. The van der Waals surface area contributed by atoms with Crippen molar-refractivity contribution < 1.29 is 4.39 Å². The molecular formula is C13H19FN2. The lowest BCUT2D eigenvalue weighted by Crippen LogP contribution is -2.27. The fourth-order valence-corrected chi connectivity index (χ4v) is 1.88. The largest absolute Gasteiger partial charge is 0.261 e. The first-order chi connectivity index (χ1) is 7.79. The van der Waals surface area contributed by atoms with Crippen LogP contribution in [0.25, 0.3) is 0 Å². The third kappa shape index (κ3) is 3.29. The Morgan fingerprint density at radius 3 is 2.88 bits per heavy atom. The van der Waals surface area contributed by atoms with E-state index in [1.54, 1.807) is 13.1 Å². The fraction of sp³-hybridized carbons (Fsp3) is 0.538. The highest BCUT2D eigenvalue weighted by atomic mass is 19.1. The van der Waals surface area contributed by atoms with Gasteiger partial charge in [-0.3, -0.25) is 10.9 Å². The topological polar surface area (TPSA) is 24.1 Å². The number of benzene rings is 1. The summed E-state index contributed by atoms with van der Waals surface area (Å²) < 4.78 is 13.4. The molecule has 0 bridgehead atoms. The monoisotopic (exact) mass is 222 g/mol. The van der Waals surface area contributed by atoms with Crippen molar-refractivity contribution in [1.29, 1.82) is 0 Å². The molecule has 0 saturated heterocycles. The van der Waals surface area contributed by atoms with E-state index in [1.165, 1.54) is 24.8 Å². The Labute approximate surface area is 96.2 Å². The Morgan fingerprint density at radius 1 is 1.38 bits per heavy atom. The molecule has 2 rings (SSSR count). The van der Waals surface area contributed by atoms with Gasteiger partial charge in [-0.25, -0.2) is 4.39 Å². The minimum absolute atomic E-state index is 0.127. The lowest BCUT2D eigenvalue weighted by molar-refractivity contribution is 0.554. The van der Waals surface area contributed by atoms with Gasteiger partial charge in [0.2, 0.25) is 0 Å². The molecule has 1 saturated carbocycles. The van der Waals surface area contributed by atoms with E-state index in [-0.39, 0.29) is 5.82 Å². The Morgan fingerprint density at radius 2 is 2.19 bits per heavy atom. The zero-order valence-electron chi connectivity index (χ0n) is 9.72. The second-order valence-corrected chi connectivity index (χ2v) is 4.51. The van der Waals surface area contributed by atoms with Crippen molar-refractivity contribution in [3.8, 4) is 0 Å². The normalized spacial score (nSPS) is 15.4. The van der Waals surface area contributed by atoms with Gasteiger partial charge >= 0.3 is 0 Å². The standard InChI is InChI=1S/C13H19FN2/c1-15-16-9-12-8-11(6-7-13(12)14)5-4-10-2-3-10/h6-8,10,15-16H,2-5,9H2,1H3. The van der Waals surface area contributed by atoms with E-state index >= 15 is 0 Å². The van der Waals surface area contributed by atoms with E-state index in [0.717, 1.165) is 17.9 Å². The number of hydrogen-bond acceptors (Lipinski definition) is 2. The molecule has 0 aliphatic heterocycles. The molecule has 1 aromatic rings. The molecule has 1 aliphatic rings. The minimum Gasteiger partial charge on any atom is -0.261 e. The predicted molar refractivity (Wildman–Crippen MR) is 63.3 cm³/mol. The summed E-state index contributed by atoms with van der Waals surface area (Å²) in [5, 5.41) is 0. The van der Waals surface area contributed by atoms with E-state index in [2.05, 4.69) is 10.9 Å². The molecule has 3 heteroatoms. The molecule has 88 valence electrons.